The Morgan fingerprint density at radius 1 is 1.37 bits per heavy atom. The van der Waals surface area contributed by atoms with Crippen LogP contribution in [0.2, 0.25) is 0 Å². The third-order valence-electron chi connectivity index (χ3n) is 2.27. The molecule has 1 aromatic rings. The Kier molecular flexibility index (Phi) is 6.31. The van der Waals surface area contributed by atoms with Gasteiger partial charge in [-0.15, -0.1) is 0 Å². The summed E-state index contributed by atoms with van der Waals surface area (Å²) in [5.41, 5.74) is 0.598. The Labute approximate surface area is 119 Å². The van der Waals surface area contributed by atoms with E-state index in [0.29, 0.717) is 5.69 Å². The number of aliphatic carboxylic acids is 1. The van der Waals surface area contributed by atoms with Gasteiger partial charge in [0.1, 0.15) is 6.54 Å². The molecule has 0 saturated carbocycles. The molecule has 2 N–H and O–H groups in total. The number of anilines is 1. The molecule has 19 heavy (non-hydrogen) atoms. The first kappa shape index (κ1) is 15.5. The van der Waals surface area contributed by atoms with Crippen molar-refractivity contribution in [2.45, 2.75) is 0 Å². The van der Waals surface area contributed by atoms with Crippen molar-refractivity contribution < 1.29 is 19.4 Å². The lowest BCUT2D eigenvalue weighted by Crippen LogP contribution is -2.40. The first-order valence-electron chi connectivity index (χ1n) is 5.55. The molecule has 0 atom stereocenters. The number of carbonyl (C=O) groups excluding carboxylic acids is 1. The van der Waals surface area contributed by atoms with Crippen molar-refractivity contribution in [3.63, 3.8) is 0 Å². The van der Waals surface area contributed by atoms with E-state index in [1.54, 1.807) is 24.3 Å². The number of halogens is 1. The number of ether oxygens (including phenoxy) is 1. The van der Waals surface area contributed by atoms with E-state index >= 15 is 0 Å². The minimum Gasteiger partial charge on any atom is -0.480 e. The number of amides is 2. The molecule has 0 fully saturated rings. The molecule has 0 bridgehead atoms. The van der Waals surface area contributed by atoms with E-state index in [1.807, 2.05) is 0 Å². The highest BCUT2D eigenvalue weighted by molar-refractivity contribution is 9.10. The van der Waals surface area contributed by atoms with Crippen molar-refractivity contribution in [2.24, 2.45) is 0 Å². The number of carboxylic acid groups (broad SMARTS) is 1. The van der Waals surface area contributed by atoms with Gasteiger partial charge in [0, 0.05) is 23.8 Å². The largest absolute Gasteiger partial charge is 0.480 e. The number of methoxy groups -OCH3 is 1. The van der Waals surface area contributed by atoms with E-state index in [4.69, 9.17) is 9.84 Å². The summed E-state index contributed by atoms with van der Waals surface area (Å²) in [5.74, 6) is -1.07. The fourth-order valence-electron chi connectivity index (χ4n) is 1.35. The summed E-state index contributed by atoms with van der Waals surface area (Å²) in [7, 11) is 1.49. The molecule has 104 valence electrons. The van der Waals surface area contributed by atoms with Crippen LogP contribution < -0.4 is 5.32 Å². The summed E-state index contributed by atoms with van der Waals surface area (Å²) in [6.45, 7) is 0.123. The first-order chi connectivity index (χ1) is 9.02. The molecule has 0 heterocycles. The third kappa shape index (κ3) is 5.71. The maximum absolute atomic E-state index is 11.9. The van der Waals surface area contributed by atoms with Gasteiger partial charge < -0.3 is 20.1 Å². The standard InChI is InChI=1S/C12H15BrN2O4/c1-19-7-6-15(8-11(16)17)12(18)14-10-4-2-9(13)3-5-10/h2-5H,6-8H2,1H3,(H,14,18)(H,16,17). The van der Waals surface area contributed by atoms with E-state index < -0.39 is 12.0 Å². The van der Waals surface area contributed by atoms with Crippen LogP contribution >= 0.6 is 15.9 Å². The lowest BCUT2D eigenvalue weighted by Gasteiger charge is -2.20. The van der Waals surface area contributed by atoms with Crippen molar-refractivity contribution in [1.82, 2.24) is 4.90 Å². The van der Waals surface area contributed by atoms with Crippen molar-refractivity contribution in [1.29, 1.82) is 0 Å². The van der Waals surface area contributed by atoms with E-state index in [-0.39, 0.29) is 19.7 Å². The fourth-order valence-corrected chi connectivity index (χ4v) is 1.62. The number of rotatable bonds is 6. The van der Waals surface area contributed by atoms with Crippen LogP contribution in [0.5, 0.6) is 0 Å². The SMILES string of the molecule is COCCN(CC(=O)O)C(=O)Nc1ccc(Br)cc1. The molecule has 0 aliphatic carbocycles. The zero-order chi connectivity index (χ0) is 14.3. The van der Waals surface area contributed by atoms with Gasteiger partial charge in [-0.05, 0) is 24.3 Å². The smallest absolute Gasteiger partial charge is 0.323 e. The van der Waals surface area contributed by atoms with Gasteiger partial charge in [-0.25, -0.2) is 4.79 Å². The predicted octanol–water partition coefficient (Wildman–Crippen LogP) is 2.01. The number of nitrogens with zero attached hydrogens (tertiary/aromatic N) is 1. The van der Waals surface area contributed by atoms with Crippen LogP contribution in [-0.2, 0) is 9.53 Å². The van der Waals surface area contributed by atoms with Crippen LogP contribution in [0, 0.1) is 0 Å². The molecule has 6 nitrogen and oxygen atoms in total. The van der Waals surface area contributed by atoms with Crippen LogP contribution in [0.25, 0.3) is 0 Å². The zero-order valence-electron chi connectivity index (χ0n) is 10.4. The van der Waals surface area contributed by atoms with Gasteiger partial charge in [0.15, 0.2) is 0 Å². The summed E-state index contributed by atoms with van der Waals surface area (Å²) in [4.78, 5) is 23.8. The average Bonchev–Trinajstić information content (AvgIpc) is 2.36. The lowest BCUT2D eigenvalue weighted by molar-refractivity contribution is -0.137. The molecule has 7 heteroatoms. The molecule has 2 amide bonds. The average molecular weight is 331 g/mol. The van der Waals surface area contributed by atoms with E-state index in [9.17, 15) is 9.59 Å². The molecule has 1 aromatic carbocycles. The summed E-state index contributed by atoms with van der Waals surface area (Å²) in [5, 5.41) is 11.4. The Hall–Kier alpha value is -1.60. The molecule has 0 spiro atoms. The number of urea groups is 1. The van der Waals surface area contributed by atoms with Gasteiger partial charge in [-0.3, -0.25) is 4.79 Å². The highest BCUT2D eigenvalue weighted by atomic mass is 79.9. The Morgan fingerprint density at radius 3 is 2.53 bits per heavy atom. The second-order valence-corrected chi connectivity index (χ2v) is 4.66. The van der Waals surface area contributed by atoms with E-state index in [2.05, 4.69) is 21.2 Å². The lowest BCUT2D eigenvalue weighted by atomic mass is 10.3. The number of hydrogen-bond acceptors (Lipinski definition) is 3. The Morgan fingerprint density at radius 2 is 2.00 bits per heavy atom. The van der Waals surface area contributed by atoms with Crippen molar-refractivity contribution in [3.8, 4) is 0 Å². The minimum atomic E-state index is -1.07. The summed E-state index contributed by atoms with van der Waals surface area (Å²) < 4.78 is 5.74. The highest BCUT2D eigenvalue weighted by Crippen LogP contribution is 2.14. The highest BCUT2D eigenvalue weighted by Gasteiger charge is 2.16. The third-order valence-corrected chi connectivity index (χ3v) is 2.80. The minimum absolute atomic E-state index is 0.213. The molecule has 0 unspecified atom stereocenters. The van der Waals surface area contributed by atoms with E-state index in [1.165, 1.54) is 12.0 Å². The summed E-state index contributed by atoms with van der Waals surface area (Å²) in [6, 6.07) is 6.54. The second kappa shape index (κ2) is 7.75. The number of carboxylic acids is 1. The zero-order valence-corrected chi connectivity index (χ0v) is 12.0. The molecule has 0 saturated heterocycles. The first-order valence-corrected chi connectivity index (χ1v) is 6.34. The molecule has 0 aromatic heterocycles. The maximum atomic E-state index is 11.9. The number of benzene rings is 1. The number of hydrogen-bond donors (Lipinski definition) is 2. The number of nitrogens with one attached hydrogen (secondary N) is 1. The molecule has 0 aliphatic heterocycles. The monoisotopic (exact) mass is 330 g/mol. The maximum Gasteiger partial charge on any atom is 0.323 e. The van der Waals surface area contributed by atoms with Crippen LogP contribution in [0.4, 0.5) is 10.5 Å². The van der Waals surface area contributed by atoms with Crippen LogP contribution in [0.1, 0.15) is 0 Å². The second-order valence-electron chi connectivity index (χ2n) is 3.75. The number of carbonyl (C=O) groups is 2. The van der Waals surface area contributed by atoms with Crippen molar-refractivity contribution in [3.05, 3.63) is 28.7 Å². The molecular formula is C12H15BrN2O4. The summed E-state index contributed by atoms with van der Waals surface area (Å²) in [6.07, 6.45) is 0. The molecule has 0 aliphatic rings. The van der Waals surface area contributed by atoms with Crippen molar-refractivity contribution >= 4 is 33.6 Å². The van der Waals surface area contributed by atoms with Crippen LogP contribution in [0.15, 0.2) is 28.7 Å². The predicted molar refractivity (Wildman–Crippen MR) is 74.2 cm³/mol. The van der Waals surface area contributed by atoms with Gasteiger partial charge in [0.2, 0.25) is 0 Å². The van der Waals surface area contributed by atoms with Crippen LogP contribution in [0.3, 0.4) is 0 Å². The van der Waals surface area contributed by atoms with Gasteiger partial charge in [-0.2, -0.15) is 0 Å². The van der Waals surface area contributed by atoms with Gasteiger partial charge >= 0.3 is 12.0 Å². The summed E-state index contributed by atoms with van der Waals surface area (Å²) >= 11 is 3.29. The van der Waals surface area contributed by atoms with Crippen LogP contribution in [-0.4, -0.2) is 48.8 Å². The topological polar surface area (TPSA) is 78.9 Å². The Balaban J connectivity index is 2.64. The van der Waals surface area contributed by atoms with E-state index in [0.717, 1.165) is 4.47 Å². The van der Waals surface area contributed by atoms with Gasteiger partial charge in [0.05, 0.1) is 6.61 Å². The van der Waals surface area contributed by atoms with Gasteiger partial charge in [0.25, 0.3) is 0 Å². The fraction of sp³-hybridized carbons (Fsp3) is 0.333. The molecule has 1 rings (SSSR count). The molecular weight excluding hydrogens is 316 g/mol. The van der Waals surface area contributed by atoms with Crippen molar-refractivity contribution in [2.75, 3.05) is 32.1 Å². The molecule has 0 radical (unpaired) electrons. The normalized spacial score (nSPS) is 10.0. The quantitative estimate of drug-likeness (QED) is 0.836. The van der Waals surface area contributed by atoms with Gasteiger partial charge in [-0.1, -0.05) is 15.9 Å². The Bertz CT molecular complexity index is 436.